The molecule has 1 amide bonds. The van der Waals surface area contributed by atoms with Crippen molar-refractivity contribution in [1.82, 2.24) is 20.3 Å². The summed E-state index contributed by atoms with van der Waals surface area (Å²) in [5.41, 5.74) is 1.53. The van der Waals surface area contributed by atoms with Crippen molar-refractivity contribution in [3.8, 4) is 0 Å². The lowest BCUT2D eigenvalue weighted by atomic mass is 10.1. The minimum atomic E-state index is -0.403. The van der Waals surface area contributed by atoms with Crippen molar-refractivity contribution in [1.29, 1.82) is 0 Å². The first-order chi connectivity index (χ1) is 12.1. The number of nitro groups is 1. The highest BCUT2D eigenvalue weighted by Crippen LogP contribution is 2.35. The molecule has 1 aromatic carbocycles. The molecule has 1 fully saturated rings. The number of amides is 1. The number of rotatable bonds is 3. The highest BCUT2D eigenvalue weighted by atomic mass is 16.6. The Morgan fingerprint density at radius 1 is 1.32 bits per heavy atom. The molecular weight excluding hydrogens is 324 g/mol. The fraction of sp³-hybridized carbons (Fsp3) is 0.438. The third kappa shape index (κ3) is 2.76. The molecule has 1 N–H and O–H groups in total. The Labute approximate surface area is 143 Å². The van der Waals surface area contributed by atoms with E-state index in [2.05, 4.69) is 15.6 Å². The molecule has 9 nitrogen and oxygen atoms in total. The van der Waals surface area contributed by atoms with Crippen LogP contribution in [0.4, 0.5) is 11.4 Å². The average Bonchev–Trinajstić information content (AvgIpc) is 3.29. The number of nitrogens with zero attached hydrogens (tertiary/aromatic N) is 5. The summed E-state index contributed by atoms with van der Waals surface area (Å²) in [6.07, 6.45) is 4.07. The Bertz CT molecular complexity index is 827. The second-order valence-electron chi connectivity index (χ2n) is 6.30. The summed E-state index contributed by atoms with van der Waals surface area (Å²) >= 11 is 0. The van der Waals surface area contributed by atoms with Crippen LogP contribution in [-0.4, -0.2) is 45.5 Å². The molecule has 0 unspecified atom stereocenters. The van der Waals surface area contributed by atoms with E-state index in [9.17, 15) is 14.9 Å². The second kappa shape index (κ2) is 6.25. The Morgan fingerprint density at radius 3 is 2.88 bits per heavy atom. The van der Waals surface area contributed by atoms with Crippen LogP contribution in [0.1, 0.15) is 34.9 Å². The maximum absolute atomic E-state index is 12.8. The Hall–Kier alpha value is -2.81. The van der Waals surface area contributed by atoms with Crippen molar-refractivity contribution in [2.24, 2.45) is 0 Å². The number of aromatic nitrogens is 3. The van der Waals surface area contributed by atoms with E-state index in [0.717, 1.165) is 25.9 Å². The predicted molar refractivity (Wildman–Crippen MR) is 89.6 cm³/mol. The van der Waals surface area contributed by atoms with Crippen LogP contribution in [0.15, 0.2) is 24.4 Å². The van der Waals surface area contributed by atoms with Crippen LogP contribution in [0, 0.1) is 10.1 Å². The minimum Gasteiger partial charge on any atom is -0.317 e. The molecule has 0 aliphatic carbocycles. The van der Waals surface area contributed by atoms with Gasteiger partial charge in [-0.05, 0) is 38.4 Å². The van der Waals surface area contributed by atoms with Crippen molar-refractivity contribution in [3.05, 3.63) is 45.8 Å². The van der Waals surface area contributed by atoms with E-state index in [1.807, 2.05) is 0 Å². The summed E-state index contributed by atoms with van der Waals surface area (Å²) in [7, 11) is 0. The van der Waals surface area contributed by atoms with E-state index in [-0.39, 0.29) is 23.3 Å². The summed E-state index contributed by atoms with van der Waals surface area (Å²) < 4.78 is 1.76. The van der Waals surface area contributed by atoms with Crippen molar-refractivity contribution in [2.75, 3.05) is 24.5 Å². The van der Waals surface area contributed by atoms with Gasteiger partial charge in [0.05, 0.1) is 28.4 Å². The molecule has 2 aliphatic rings. The molecule has 0 saturated carbocycles. The summed E-state index contributed by atoms with van der Waals surface area (Å²) in [5.74, 6) is -0.264. The van der Waals surface area contributed by atoms with Gasteiger partial charge in [-0.1, -0.05) is 11.3 Å². The maximum Gasteiger partial charge on any atom is 0.280 e. The van der Waals surface area contributed by atoms with Crippen LogP contribution >= 0.6 is 0 Å². The summed E-state index contributed by atoms with van der Waals surface area (Å²) in [6.45, 7) is 2.27. The van der Waals surface area contributed by atoms with E-state index in [4.69, 9.17) is 0 Å². The van der Waals surface area contributed by atoms with Crippen LogP contribution in [-0.2, 0) is 6.42 Å². The smallest absolute Gasteiger partial charge is 0.280 e. The van der Waals surface area contributed by atoms with Gasteiger partial charge in [-0.2, -0.15) is 0 Å². The quantitative estimate of drug-likeness (QED) is 0.666. The predicted octanol–water partition coefficient (Wildman–Crippen LogP) is 1.31. The largest absolute Gasteiger partial charge is 0.317 e. The standard InChI is InChI=1S/C16H18N6O3/c23-16(13-10-21(19-18-13)11-4-7-17-8-5-11)20-9-6-12-14(20)2-1-3-15(12)22(24)25/h1-3,10-11,17H,4-9H2. The van der Waals surface area contributed by atoms with Crippen molar-refractivity contribution < 1.29 is 9.72 Å². The zero-order valence-corrected chi connectivity index (χ0v) is 13.6. The molecule has 9 heteroatoms. The van der Waals surface area contributed by atoms with Gasteiger partial charge < -0.3 is 10.2 Å². The summed E-state index contributed by atoms with van der Waals surface area (Å²) in [4.78, 5) is 25.1. The van der Waals surface area contributed by atoms with Crippen LogP contribution in [0.3, 0.4) is 0 Å². The third-order valence-corrected chi connectivity index (χ3v) is 4.86. The molecule has 2 aromatic rings. The molecule has 3 heterocycles. The molecule has 0 bridgehead atoms. The van der Waals surface area contributed by atoms with Gasteiger partial charge >= 0.3 is 0 Å². The molecule has 1 saturated heterocycles. The van der Waals surface area contributed by atoms with Crippen molar-refractivity contribution >= 4 is 17.3 Å². The number of anilines is 1. The molecular formula is C16H18N6O3. The van der Waals surface area contributed by atoms with Gasteiger partial charge in [0, 0.05) is 12.6 Å². The number of nitro benzene ring substituents is 1. The number of nitrogens with one attached hydrogen (secondary N) is 1. The first-order valence-corrected chi connectivity index (χ1v) is 8.36. The number of fused-ring (bicyclic) bond motifs is 1. The van der Waals surface area contributed by atoms with Crippen molar-refractivity contribution in [3.63, 3.8) is 0 Å². The lowest BCUT2D eigenvalue weighted by Crippen LogP contribution is -2.30. The molecule has 25 heavy (non-hydrogen) atoms. The average molecular weight is 342 g/mol. The molecule has 2 aliphatic heterocycles. The molecule has 0 atom stereocenters. The summed E-state index contributed by atoms with van der Waals surface area (Å²) in [5, 5.41) is 22.6. The molecule has 0 spiro atoms. The number of benzene rings is 1. The van der Waals surface area contributed by atoms with E-state index in [0.29, 0.717) is 24.2 Å². The number of carbonyl (C=O) groups is 1. The molecule has 0 radical (unpaired) electrons. The maximum atomic E-state index is 12.8. The van der Waals surface area contributed by atoms with E-state index >= 15 is 0 Å². The summed E-state index contributed by atoms with van der Waals surface area (Å²) in [6, 6.07) is 5.07. The van der Waals surface area contributed by atoms with Gasteiger partial charge in [0.1, 0.15) is 0 Å². The third-order valence-electron chi connectivity index (χ3n) is 4.86. The lowest BCUT2D eigenvalue weighted by Gasteiger charge is -2.22. The van der Waals surface area contributed by atoms with Crippen LogP contribution < -0.4 is 10.2 Å². The fourth-order valence-corrected chi connectivity index (χ4v) is 3.56. The highest BCUT2D eigenvalue weighted by molar-refractivity contribution is 6.06. The number of hydrogen-bond acceptors (Lipinski definition) is 6. The van der Waals surface area contributed by atoms with Gasteiger partial charge in [0.15, 0.2) is 5.69 Å². The first kappa shape index (κ1) is 15.7. The van der Waals surface area contributed by atoms with Gasteiger partial charge in [0.25, 0.3) is 11.6 Å². The second-order valence-corrected chi connectivity index (χ2v) is 6.30. The molecule has 4 rings (SSSR count). The topological polar surface area (TPSA) is 106 Å². The Morgan fingerprint density at radius 2 is 2.12 bits per heavy atom. The minimum absolute atomic E-state index is 0.0613. The van der Waals surface area contributed by atoms with Gasteiger partial charge in [-0.15, -0.1) is 5.10 Å². The number of hydrogen-bond donors (Lipinski definition) is 1. The van der Waals surface area contributed by atoms with Crippen molar-refractivity contribution in [2.45, 2.75) is 25.3 Å². The van der Waals surface area contributed by atoms with E-state index < -0.39 is 4.92 Å². The molecule has 130 valence electrons. The Kier molecular flexibility index (Phi) is 3.92. The normalized spacial score (nSPS) is 17.5. The SMILES string of the molecule is O=C(c1cn(C2CCNCC2)nn1)N1CCc2c1cccc2[N+](=O)[O-]. The Balaban J connectivity index is 1.58. The van der Waals surface area contributed by atoms with Crippen LogP contribution in [0.25, 0.3) is 0 Å². The first-order valence-electron chi connectivity index (χ1n) is 8.36. The van der Waals surface area contributed by atoms with E-state index in [1.165, 1.54) is 6.07 Å². The van der Waals surface area contributed by atoms with E-state index in [1.54, 1.807) is 27.9 Å². The monoisotopic (exact) mass is 342 g/mol. The number of carbonyl (C=O) groups excluding carboxylic acids is 1. The molecule has 1 aromatic heterocycles. The van der Waals surface area contributed by atoms with Crippen LogP contribution in [0.5, 0.6) is 0 Å². The van der Waals surface area contributed by atoms with Gasteiger partial charge in [0.2, 0.25) is 0 Å². The number of piperidine rings is 1. The highest BCUT2D eigenvalue weighted by Gasteiger charge is 2.32. The van der Waals surface area contributed by atoms with Gasteiger partial charge in [-0.25, -0.2) is 4.68 Å². The van der Waals surface area contributed by atoms with Gasteiger partial charge in [-0.3, -0.25) is 14.9 Å². The van der Waals surface area contributed by atoms with Crippen LogP contribution in [0.2, 0.25) is 0 Å². The zero-order chi connectivity index (χ0) is 17.4. The zero-order valence-electron chi connectivity index (χ0n) is 13.6. The fourth-order valence-electron chi connectivity index (χ4n) is 3.56. The lowest BCUT2D eigenvalue weighted by molar-refractivity contribution is -0.385.